The van der Waals surface area contributed by atoms with Gasteiger partial charge in [0, 0.05) is 19.1 Å². The van der Waals surface area contributed by atoms with E-state index in [9.17, 15) is 0 Å². The zero-order valence-corrected chi connectivity index (χ0v) is 14.8. The van der Waals surface area contributed by atoms with Crippen LogP contribution in [0.5, 0.6) is 17.2 Å². The summed E-state index contributed by atoms with van der Waals surface area (Å²) >= 11 is 0. The molecule has 3 aliphatic heterocycles. The van der Waals surface area contributed by atoms with Crippen LogP contribution in [-0.4, -0.2) is 25.3 Å². The van der Waals surface area contributed by atoms with E-state index in [0.717, 1.165) is 49.6 Å². The van der Waals surface area contributed by atoms with Gasteiger partial charge < -0.3 is 14.2 Å². The van der Waals surface area contributed by atoms with Crippen LogP contribution in [0.2, 0.25) is 0 Å². The first kappa shape index (κ1) is 15.1. The number of hydrogen-bond acceptors (Lipinski definition) is 4. The number of ether oxygens (including phenoxy) is 3. The second-order valence-corrected chi connectivity index (χ2v) is 7.13. The van der Waals surface area contributed by atoms with Crippen LogP contribution in [0, 0.1) is 0 Å². The Balaban J connectivity index is 1.56. The lowest BCUT2D eigenvalue weighted by Crippen LogP contribution is -2.39. The summed E-state index contributed by atoms with van der Waals surface area (Å²) in [5, 5.41) is 0. The molecule has 0 saturated carbocycles. The molecule has 0 bridgehead atoms. The van der Waals surface area contributed by atoms with Crippen molar-refractivity contribution in [2.75, 3.05) is 20.4 Å². The van der Waals surface area contributed by atoms with Gasteiger partial charge in [-0.1, -0.05) is 13.0 Å². The number of nitrogens with zero attached hydrogens (tertiary/aromatic N) is 1. The Morgan fingerprint density at radius 3 is 2.72 bits per heavy atom. The molecule has 0 unspecified atom stereocenters. The van der Waals surface area contributed by atoms with E-state index in [-0.39, 0.29) is 0 Å². The highest BCUT2D eigenvalue weighted by Gasteiger charge is 2.34. The van der Waals surface area contributed by atoms with E-state index in [0.29, 0.717) is 12.8 Å². The third-order valence-corrected chi connectivity index (χ3v) is 5.87. The van der Waals surface area contributed by atoms with E-state index >= 15 is 0 Å². The predicted molar refractivity (Wildman–Crippen MR) is 95.5 cm³/mol. The SMILES string of the molecule is CCc1cc2c(cc1OC)C[C@H]1c3cc4c(cc3CCN1C2)OCO4. The van der Waals surface area contributed by atoms with Crippen LogP contribution in [0.3, 0.4) is 0 Å². The van der Waals surface area contributed by atoms with Gasteiger partial charge in [-0.05, 0) is 65.3 Å². The van der Waals surface area contributed by atoms with Gasteiger partial charge in [-0.2, -0.15) is 0 Å². The fraction of sp³-hybridized carbons (Fsp3) is 0.429. The Hall–Kier alpha value is -2.20. The lowest BCUT2D eigenvalue weighted by atomic mass is 9.83. The van der Waals surface area contributed by atoms with Crippen molar-refractivity contribution in [1.82, 2.24) is 4.90 Å². The summed E-state index contributed by atoms with van der Waals surface area (Å²) in [5.41, 5.74) is 6.99. The molecule has 3 aliphatic rings. The third-order valence-electron chi connectivity index (χ3n) is 5.87. The Morgan fingerprint density at radius 2 is 1.92 bits per heavy atom. The van der Waals surface area contributed by atoms with Crippen LogP contribution in [-0.2, 0) is 25.8 Å². The molecule has 0 fully saturated rings. The number of rotatable bonds is 2. The van der Waals surface area contributed by atoms with E-state index in [4.69, 9.17) is 14.2 Å². The van der Waals surface area contributed by atoms with Gasteiger partial charge in [0.25, 0.3) is 0 Å². The average molecular weight is 337 g/mol. The summed E-state index contributed by atoms with van der Waals surface area (Å²) in [6, 6.07) is 9.41. The molecular weight excluding hydrogens is 314 g/mol. The van der Waals surface area contributed by atoms with Gasteiger partial charge in [0.05, 0.1) is 7.11 Å². The van der Waals surface area contributed by atoms with Gasteiger partial charge >= 0.3 is 0 Å². The zero-order valence-electron chi connectivity index (χ0n) is 14.8. The second-order valence-electron chi connectivity index (χ2n) is 7.13. The molecule has 3 heterocycles. The van der Waals surface area contributed by atoms with Crippen molar-refractivity contribution in [3.63, 3.8) is 0 Å². The highest BCUT2D eigenvalue weighted by molar-refractivity contribution is 5.52. The molecule has 0 spiro atoms. The molecule has 0 N–H and O–H groups in total. The molecule has 2 aromatic rings. The molecule has 0 aromatic heterocycles. The van der Waals surface area contributed by atoms with Crippen molar-refractivity contribution in [1.29, 1.82) is 0 Å². The van der Waals surface area contributed by atoms with Gasteiger partial charge in [-0.15, -0.1) is 0 Å². The quantitative estimate of drug-likeness (QED) is 0.837. The largest absolute Gasteiger partial charge is 0.496 e. The minimum absolute atomic E-state index is 0.340. The lowest BCUT2D eigenvalue weighted by molar-refractivity contribution is 0.160. The van der Waals surface area contributed by atoms with Crippen molar-refractivity contribution in [2.24, 2.45) is 0 Å². The van der Waals surface area contributed by atoms with Crippen molar-refractivity contribution in [2.45, 2.75) is 38.8 Å². The standard InChI is InChI=1S/C21H23NO3/c1-3-13-6-16-11-22-5-4-14-8-20-21(25-12-24-20)10-17(14)18(22)7-15(16)9-19(13)23-2/h6,8-10,18H,3-5,7,11-12H2,1-2H3/t18-/m0/s1. The summed E-state index contributed by atoms with van der Waals surface area (Å²) < 4.78 is 16.8. The number of fused-ring (bicyclic) bond motifs is 5. The van der Waals surface area contributed by atoms with Crippen LogP contribution >= 0.6 is 0 Å². The molecule has 1 atom stereocenters. The molecule has 2 aromatic carbocycles. The maximum Gasteiger partial charge on any atom is 0.231 e. The van der Waals surface area contributed by atoms with Crippen molar-refractivity contribution >= 4 is 0 Å². The maximum atomic E-state index is 5.62. The van der Waals surface area contributed by atoms with E-state index in [1.165, 1.54) is 27.8 Å². The van der Waals surface area contributed by atoms with Crippen LogP contribution < -0.4 is 14.2 Å². The third kappa shape index (κ3) is 2.31. The van der Waals surface area contributed by atoms with Crippen molar-refractivity contribution < 1.29 is 14.2 Å². The summed E-state index contributed by atoms with van der Waals surface area (Å²) in [5.74, 6) is 2.82. The maximum absolute atomic E-state index is 5.62. The van der Waals surface area contributed by atoms with Gasteiger partial charge in [0.15, 0.2) is 11.5 Å². The van der Waals surface area contributed by atoms with Gasteiger partial charge in [-0.25, -0.2) is 0 Å². The highest BCUT2D eigenvalue weighted by Crippen LogP contribution is 2.44. The first-order chi connectivity index (χ1) is 12.3. The zero-order chi connectivity index (χ0) is 17.0. The summed E-state index contributed by atoms with van der Waals surface area (Å²) in [6.07, 6.45) is 3.11. The van der Waals surface area contributed by atoms with E-state index in [1.54, 1.807) is 7.11 Å². The van der Waals surface area contributed by atoms with Gasteiger partial charge in [0.1, 0.15) is 5.75 Å². The Bertz CT molecular complexity index is 846. The Kier molecular flexibility index (Phi) is 3.42. The first-order valence-corrected chi connectivity index (χ1v) is 9.12. The number of hydrogen-bond donors (Lipinski definition) is 0. The fourth-order valence-corrected chi connectivity index (χ4v) is 4.52. The second kappa shape index (κ2) is 5.67. The first-order valence-electron chi connectivity index (χ1n) is 9.12. The van der Waals surface area contributed by atoms with Gasteiger partial charge in [-0.3, -0.25) is 4.90 Å². The fourth-order valence-electron chi connectivity index (χ4n) is 4.52. The van der Waals surface area contributed by atoms with Crippen molar-refractivity contribution in [3.05, 3.63) is 52.1 Å². The monoisotopic (exact) mass is 337 g/mol. The summed E-state index contributed by atoms with van der Waals surface area (Å²) in [4.78, 5) is 2.61. The molecule has 0 radical (unpaired) electrons. The predicted octanol–water partition coefficient (Wildman–Crippen LogP) is 3.64. The molecule has 0 saturated heterocycles. The normalized spacial score (nSPS) is 20.6. The van der Waals surface area contributed by atoms with Crippen LogP contribution in [0.25, 0.3) is 0 Å². The molecular formula is C21H23NO3. The number of aryl methyl sites for hydroxylation is 1. The highest BCUT2D eigenvalue weighted by atomic mass is 16.7. The lowest BCUT2D eigenvalue weighted by Gasteiger charge is -2.41. The van der Waals surface area contributed by atoms with Crippen molar-refractivity contribution in [3.8, 4) is 17.2 Å². The van der Waals surface area contributed by atoms with Gasteiger partial charge in [0.2, 0.25) is 6.79 Å². The molecule has 130 valence electrons. The number of methoxy groups -OCH3 is 1. The molecule has 0 amide bonds. The molecule has 4 nitrogen and oxygen atoms in total. The van der Waals surface area contributed by atoms with Crippen LogP contribution in [0.4, 0.5) is 0 Å². The summed E-state index contributed by atoms with van der Waals surface area (Å²) in [6.45, 7) is 4.65. The van der Waals surface area contributed by atoms with E-state index in [1.807, 2.05) is 0 Å². The minimum atomic E-state index is 0.340. The molecule has 5 rings (SSSR count). The van der Waals surface area contributed by atoms with E-state index < -0.39 is 0 Å². The van der Waals surface area contributed by atoms with Crippen LogP contribution in [0.15, 0.2) is 24.3 Å². The topological polar surface area (TPSA) is 30.9 Å². The summed E-state index contributed by atoms with van der Waals surface area (Å²) in [7, 11) is 1.77. The minimum Gasteiger partial charge on any atom is -0.496 e. The van der Waals surface area contributed by atoms with E-state index in [2.05, 4.69) is 36.1 Å². The Morgan fingerprint density at radius 1 is 1.08 bits per heavy atom. The van der Waals surface area contributed by atoms with Crippen LogP contribution in [0.1, 0.15) is 40.8 Å². The average Bonchev–Trinajstić information content (AvgIpc) is 3.11. The molecule has 0 aliphatic carbocycles. The Labute approximate surface area is 148 Å². The smallest absolute Gasteiger partial charge is 0.231 e. The molecule has 4 heteroatoms. The molecule has 25 heavy (non-hydrogen) atoms. The number of benzene rings is 2.